The number of methoxy groups -OCH3 is 1. The summed E-state index contributed by atoms with van der Waals surface area (Å²) in [6.45, 7) is 0.153. The number of carbonyl (C=O) groups excluding carboxylic acids is 2. The summed E-state index contributed by atoms with van der Waals surface area (Å²) in [6, 6.07) is 21.8. The molecule has 3 rings (SSSR count). The van der Waals surface area contributed by atoms with Crippen LogP contribution in [0, 0.1) is 0 Å². The molecule has 0 radical (unpaired) electrons. The zero-order valence-corrected chi connectivity index (χ0v) is 21.3. The molecule has 0 bridgehead atoms. The molecule has 3 aromatic carbocycles. The van der Waals surface area contributed by atoms with Crippen molar-refractivity contribution < 1.29 is 23.8 Å². The molecule has 0 aromatic heterocycles. The van der Waals surface area contributed by atoms with Crippen molar-refractivity contribution in [2.45, 2.75) is 6.42 Å². The SMILES string of the molecule is COc1ccc(OCC(=O)NNC(=S)NC(=O)c2cc(Br)ccc2OCCc2ccccc2)cc1. The molecule has 0 aliphatic heterocycles. The monoisotopic (exact) mass is 557 g/mol. The summed E-state index contributed by atoms with van der Waals surface area (Å²) < 4.78 is 17.0. The van der Waals surface area contributed by atoms with Gasteiger partial charge in [-0.3, -0.25) is 25.8 Å². The third-order valence-corrected chi connectivity index (χ3v) is 5.35. The molecule has 10 heteroatoms. The van der Waals surface area contributed by atoms with Crippen LogP contribution in [0.4, 0.5) is 0 Å². The van der Waals surface area contributed by atoms with Crippen LogP contribution in [0.3, 0.4) is 0 Å². The molecule has 2 amide bonds. The molecule has 0 saturated carbocycles. The summed E-state index contributed by atoms with van der Waals surface area (Å²) in [4.78, 5) is 24.8. The Bertz CT molecular complexity index is 1160. The standard InChI is InChI=1S/C25H24BrN3O5S/c1-32-19-8-10-20(11-9-19)34-16-23(30)28-29-25(35)27-24(31)21-15-18(26)7-12-22(21)33-14-13-17-5-3-2-4-6-17/h2-12,15H,13-14,16H2,1H3,(H,28,30)(H2,27,29,31,35). The first kappa shape index (κ1) is 26.0. The molecule has 3 aromatic rings. The quantitative estimate of drug-likeness (QED) is 0.272. The third kappa shape index (κ3) is 8.58. The van der Waals surface area contributed by atoms with Gasteiger partial charge < -0.3 is 14.2 Å². The van der Waals surface area contributed by atoms with Gasteiger partial charge in [0.15, 0.2) is 11.7 Å². The fourth-order valence-corrected chi connectivity index (χ4v) is 3.42. The van der Waals surface area contributed by atoms with Crippen LogP contribution in [0.2, 0.25) is 0 Å². The van der Waals surface area contributed by atoms with Crippen LogP contribution in [0.25, 0.3) is 0 Å². The zero-order chi connectivity index (χ0) is 25.0. The van der Waals surface area contributed by atoms with Crippen molar-refractivity contribution in [2.24, 2.45) is 0 Å². The number of hydrogen-bond acceptors (Lipinski definition) is 6. The number of hydrazine groups is 1. The summed E-state index contributed by atoms with van der Waals surface area (Å²) in [5.74, 6) is 0.638. The second kappa shape index (κ2) is 13.3. The van der Waals surface area contributed by atoms with E-state index in [9.17, 15) is 9.59 Å². The Morgan fingerprint density at radius 2 is 1.63 bits per heavy atom. The maximum absolute atomic E-state index is 12.8. The van der Waals surface area contributed by atoms with E-state index in [1.165, 1.54) is 0 Å². The fraction of sp³-hybridized carbons (Fsp3) is 0.160. The minimum Gasteiger partial charge on any atom is -0.497 e. The van der Waals surface area contributed by atoms with Crippen molar-refractivity contribution >= 4 is 45.1 Å². The van der Waals surface area contributed by atoms with E-state index >= 15 is 0 Å². The predicted octanol–water partition coefficient (Wildman–Crippen LogP) is 3.79. The maximum Gasteiger partial charge on any atom is 0.276 e. The van der Waals surface area contributed by atoms with E-state index in [-0.39, 0.29) is 11.7 Å². The van der Waals surface area contributed by atoms with Gasteiger partial charge in [0.25, 0.3) is 11.8 Å². The average Bonchev–Trinajstić information content (AvgIpc) is 2.88. The van der Waals surface area contributed by atoms with Crippen LogP contribution in [0.1, 0.15) is 15.9 Å². The predicted molar refractivity (Wildman–Crippen MR) is 140 cm³/mol. The summed E-state index contributed by atoms with van der Waals surface area (Å²) >= 11 is 8.48. The van der Waals surface area contributed by atoms with Crippen molar-refractivity contribution in [1.29, 1.82) is 0 Å². The number of carbonyl (C=O) groups is 2. The number of halogens is 1. The number of hydrogen-bond donors (Lipinski definition) is 3. The molecular formula is C25H24BrN3O5S. The van der Waals surface area contributed by atoms with Gasteiger partial charge in [0.1, 0.15) is 17.2 Å². The van der Waals surface area contributed by atoms with Crippen LogP contribution >= 0.6 is 28.1 Å². The summed E-state index contributed by atoms with van der Waals surface area (Å²) in [5.41, 5.74) is 6.29. The lowest BCUT2D eigenvalue weighted by molar-refractivity contribution is -0.123. The maximum atomic E-state index is 12.8. The highest BCUT2D eigenvalue weighted by Gasteiger charge is 2.15. The molecule has 0 atom stereocenters. The molecule has 182 valence electrons. The Kier molecular flexibility index (Phi) is 9.88. The largest absolute Gasteiger partial charge is 0.497 e. The highest BCUT2D eigenvalue weighted by molar-refractivity contribution is 9.10. The highest BCUT2D eigenvalue weighted by atomic mass is 79.9. The molecule has 3 N–H and O–H groups in total. The van der Waals surface area contributed by atoms with Gasteiger partial charge in [-0.25, -0.2) is 0 Å². The van der Waals surface area contributed by atoms with Gasteiger partial charge >= 0.3 is 0 Å². The molecule has 8 nitrogen and oxygen atoms in total. The molecule has 0 heterocycles. The highest BCUT2D eigenvalue weighted by Crippen LogP contribution is 2.23. The second-order valence-electron chi connectivity index (χ2n) is 7.15. The van der Waals surface area contributed by atoms with Crippen molar-refractivity contribution in [3.05, 3.63) is 88.4 Å². The van der Waals surface area contributed by atoms with Gasteiger partial charge in [-0.1, -0.05) is 46.3 Å². The van der Waals surface area contributed by atoms with E-state index < -0.39 is 11.8 Å². The number of benzene rings is 3. The van der Waals surface area contributed by atoms with Gasteiger partial charge in [-0.05, 0) is 60.2 Å². The Morgan fingerprint density at radius 1 is 0.914 bits per heavy atom. The number of rotatable bonds is 9. The van der Waals surface area contributed by atoms with Crippen molar-refractivity contribution in [2.75, 3.05) is 20.3 Å². The normalized spacial score (nSPS) is 10.1. The Morgan fingerprint density at radius 3 is 2.34 bits per heavy atom. The lowest BCUT2D eigenvalue weighted by Gasteiger charge is -2.14. The molecule has 0 aliphatic carbocycles. The lowest BCUT2D eigenvalue weighted by atomic mass is 10.1. The Hall–Kier alpha value is -3.63. The number of thiocarbonyl (C=S) groups is 1. The smallest absolute Gasteiger partial charge is 0.276 e. The van der Waals surface area contributed by atoms with E-state index in [1.807, 2.05) is 30.3 Å². The van der Waals surface area contributed by atoms with Gasteiger partial charge in [0.05, 0.1) is 19.3 Å². The average molecular weight is 558 g/mol. The van der Waals surface area contributed by atoms with Crippen LogP contribution in [-0.2, 0) is 11.2 Å². The second-order valence-corrected chi connectivity index (χ2v) is 8.47. The fourth-order valence-electron chi connectivity index (χ4n) is 2.91. The van der Waals surface area contributed by atoms with Gasteiger partial charge in [-0.15, -0.1) is 0 Å². The molecule has 0 aliphatic rings. The molecule has 35 heavy (non-hydrogen) atoms. The van der Waals surface area contributed by atoms with Crippen LogP contribution in [0.15, 0.2) is 77.3 Å². The molecular weight excluding hydrogens is 534 g/mol. The van der Waals surface area contributed by atoms with E-state index in [0.29, 0.717) is 40.3 Å². The van der Waals surface area contributed by atoms with E-state index in [0.717, 1.165) is 5.56 Å². The van der Waals surface area contributed by atoms with E-state index in [1.54, 1.807) is 49.6 Å². The first-order chi connectivity index (χ1) is 16.9. The minimum absolute atomic E-state index is 0.0805. The van der Waals surface area contributed by atoms with Crippen molar-refractivity contribution in [3.8, 4) is 17.2 Å². The number of amides is 2. The van der Waals surface area contributed by atoms with Gasteiger partial charge in [0.2, 0.25) is 0 Å². The summed E-state index contributed by atoms with van der Waals surface area (Å²) in [7, 11) is 1.56. The first-order valence-electron chi connectivity index (χ1n) is 10.6. The minimum atomic E-state index is -0.484. The topological polar surface area (TPSA) is 97.9 Å². The van der Waals surface area contributed by atoms with E-state index in [2.05, 4.69) is 32.1 Å². The number of nitrogens with one attached hydrogen (secondary N) is 3. The van der Waals surface area contributed by atoms with Crippen molar-refractivity contribution in [1.82, 2.24) is 16.2 Å². The lowest BCUT2D eigenvalue weighted by Crippen LogP contribution is -2.49. The van der Waals surface area contributed by atoms with Crippen molar-refractivity contribution in [3.63, 3.8) is 0 Å². The third-order valence-electron chi connectivity index (χ3n) is 4.65. The molecule has 0 fully saturated rings. The zero-order valence-electron chi connectivity index (χ0n) is 18.9. The van der Waals surface area contributed by atoms with Gasteiger partial charge in [0, 0.05) is 10.9 Å². The summed E-state index contributed by atoms with van der Waals surface area (Å²) in [6.07, 6.45) is 0.697. The van der Waals surface area contributed by atoms with Gasteiger partial charge in [-0.2, -0.15) is 0 Å². The molecule has 0 spiro atoms. The number of ether oxygens (including phenoxy) is 3. The van der Waals surface area contributed by atoms with E-state index in [4.69, 9.17) is 26.4 Å². The Labute approximate surface area is 217 Å². The first-order valence-corrected chi connectivity index (χ1v) is 11.8. The summed E-state index contributed by atoms with van der Waals surface area (Å²) in [5, 5.41) is 2.44. The van der Waals surface area contributed by atoms with Crippen LogP contribution in [-0.4, -0.2) is 37.3 Å². The molecule has 0 saturated heterocycles. The molecule has 0 unspecified atom stereocenters. The van der Waals surface area contributed by atoms with Crippen LogP contribution in [0.5, 0.6) is 17.2 Å². The van der Waals surface area contributed by atoms with Crippen LogP contribution < -0.4 is 30.4 Å². The Balaban J connectivity index is 1.46.